The molecule has 0 spiro atoms. The Kier molecular flexibility index (Phi) is 2.63. The van der Waals surface area contributed by atoms with Crippen LogP contribution >= 0.6 is 0 Å². The summed E-state index contributed by atoms with van der Waals surface area (Å²) in [5, 5.41) is 0.0250. The molecule has 0 saturated heterocycles. The molecule has 19 heavy (non-hydrogen) atoms. The van der Waals surface area contributed by atoms with Gasteiger partial charge in [-0.2, -0.15) is 0 Å². The number of hydrogen-bond donors (Lipinski definition) is 0. The van der Waals surface area contributed by atoms with Crippen LogP contribution < -0.4 is 5.56 Å². The average Bonchev–Trinajstić information content (AvgIpc) is 2.39. The van der Waals surface area contributed by atoms with E-state index >= 15 is 0 Å². The van der Waals surface area contributed by atoms with E-state index in [-0.39, 0.29) is 10.9 Å². The third-order valence-corrected chi connectivity index (χ3v) is 3.03. The highest BCUT2D eigenvalue weighted by molar-refractivity contribution is 5.78. The van der Waals surface area contributed by atoms with Gasteiger partial charge in [0.05, 0.1) is 11.2 Å². The largest absolute Gasteiger partial charge is 0.268 e. The Morgan fingerprint density at radius 2 is 1.79 bits per heavy atom. The molecule has 0 aliphatic heterocycles. The molecular formula is C15H11FN2O. The fourth-order valence-corrected chi connectivity index (χ4v) is 2.18. The van der Waals surface area contributed by atoms with Crippen LogP contribution in [0, 0.1) is 12.7 Å². The van der Waals surface area contributed by atoms with E-state index in [1.54, 1.807) is 31.2 Å². The molecule has 0 amide bonds. The number of aromatic nitrogens is 2. The summed E-state index contributed by atoms with van der Waals surface area (Å²) in [6, 6.07) is 13.6. The van der Waals surface area contributed by atoms with Gasteiger partial charge in [0, 0.05) is 0 Å². The summed E-state index contributed by atoms with van der Waals surface area (Å²) in [6.07, 6.45) is 0. The summed E-state index contributed by atoms with van der Waals surface area (Å²) >= 11 is 0. The first-order valence-corrected chi connectivity index (χ1v) is 5.92. The van der Waals surface area contributed by atoms with Crippen molar-refractivity contribution in [3.63, 3.8) is 0 Å². The molecule has 2 aromatic carbocycles. The van der Waals surface area contributed by atoms with Crippen LogP contribution in [-0.4, -0.2) is 9.55 Å². The van der Waals surface area contributed by atoms with E-state index in [1.165, 1.54) is 10.6 Å². The Morgan fingerprint density at radius 1 is 1.05 bits per heavy atom. The Labute approximate surface area is 109 Å². The van der Waals surface area contributed by atoms with Gasteiger partial charge in [-0.05, 0) is 31.2 Å². The van der Waals surface area contributed by atoms with Crippen molar-refractivity contribution >= 4 is 10.9 Å². The molecule has 0 bridgehead atoms. The van der Waals surface area contributed by atoms with Gasteiger partial charge in [0.1, 0.15) is 17.0 Å². The lowest BCUT2D eigenvalue weighted by molar-refractivity contribution is 0.637. The number of hydrogen-bond acceptors (Lipinski definition) is 2. The van der Waals surface area contributed by atoms with Gasteiger partial charge in [0.25, 0.3) is 5.56 Å². The standard InChI is InChI=1S/C15H11FN2O/c1-10-17-13-9-5-8-12(16)14(13)15(19)18(10)11-6-3-2-4-7-11/h2-9H,1H3. The third kappa shape index (κ3) is 1.81. The van der Waals surface area contributed by atoms with Gasteiger partial charge in [-0.3, -0.25) is 9.36 Å². The second kappa shape index (κ2) is 4.31. The molecule has 0 saturated carbocycles. The van der Waals surface area contributed by atoms with Gasteiger partial charge < -0.3 is 0 Å². The lowest BCUT2D eigenvalue weighted by Crippen LogP contribution is -2.23. The number of para-hydroxylation sites is 1. The van der Waals surface area contributed by atoms with Crippen LogP contribution in [0.1, 0.15) is 5.82 Å². The molecule has 0 N–H and O–H groups in total. The molecule has 0 unspecified atom stereocenters. The monoisotopic (exact) mass is 254 g/mol. The molecular weight excluding hydrogens is 243 g/mol. The van der Waals surface area contributed by atoms with E-state index in [1.807, 2.05) is 18.2 Å². The fraction of sp³-hybridized carbons (Fsp3) is 0.0667. The highest BCUT2D eigenvalue weighted by Gasteiger charge is 2.12. The van der Waals surface area contributed by atoms with Crippen molar-refractivity contribution < 1.29 is 4.39 Å². The molecule has 3 rings (SSSR count). The summed E-state index contributed by atoms with van der Waals surface area (Å²) in [7, 11) is 0. The molecule has 0 aliphatic rings. The van der Waals surface area contributed by atoms with E-state index in [0.29, 0.717) is 17.0 Å². The van der Waals surface area contributed by atoms with E-state index in [0.717, 1.165) is 0 Å². The van der Waals surface area contributed by atoms with Crippen molar-refractivity contribution in [1.29, 1.82) is 0 Å². The van der Waals surface area contributed by atoms with Crippen LogP contribution in [0.25, 0.3) is 16.6 Å². The zero-order valence-corrected chi connectivity index (χ0v) is 10.3. The first-order valence-electron chi connectivity index (χ1n) is 5.92. The molecule has 4 heteroatoms. The maximum Gasteiger partial charge on any atom is 0.268 e. The Balaban J connectivity index is 2.45. The van der Waals surface area contributed by atoms with Crippen molar-refractivity contribution in [2.24, 2.45) is 0 Å². The SMILES string of the molecule is Cc1nc2cccc(F)c2c(=O)n1-c1ccccc1. The minimum absolute atomic E-state index is 0.0250. The normalized spacial score (nSPS) is 10.8. The van der Waals surface area contributed by atoms with E-state index in [9.17, 15) is 9.18 Å². The molecule has 1 aromatic heterocycles. The van der Waals surface area contributed by atoms with Crippen molar-refractivity contribution in [3.05, 3.63) is 70.5 Å². The van der Waals surface area contributed by atoms with Crippen LogP contribution in [0.4, 0.5) is 4.39 Å². The van der Waals surface area contributed by atoms with E-state index in [2.05, 4.69) is 4.98 Å². The lowest BCUT2D eigenvalue weighted by Gasteiger charge is -2.10. The summed E-state index contributed by atoms with van der Waals surface area (Å²) in [5.74, 6) is -0.00557. The van der Waals surface area contributed by atoms with Crippen molar-refractivity contribution in [3.8, 4) is 5.69 Å². The number of fused-ring (bicyclic) bond motifs is 1. The quantitative estimate of drug-likeness (QED) is 0.669. The second-order valence-electron chi connectivity index (χ2n) is 4.27. The van der Waals surface area contributed by atoms with E-state index in [4.69, 9.17) is 0 Å². The number of rotatable bonds is 1. The van der Waals surface area contributed by atoms with Crippen LogP contribution in [0.5, 0.6) is 0 Å². The van der Waals surface area contributed by atoms with Crippen LogP contribution in [0.15, 0.2) is 53.3 Å². The first-order chi connectivity index (χ1) is 9.18. The smallest absolute Gasteiger partial charge is 0.268 e. The number of benzene rings is 2. The summed E-state index contributed by atoms with van der Waals surface area (Å²) in [4.78, 5) is 16.8. The average molecular weight is 254 g/mol. The summed E-state index contributed by atoms with van der Waals surface area (Å²) in [5.41, 5.74) is 0.684. The van der Waals surface area contributed by atoms with Gasteiger partial charge in [-0.25, -0.2) is 9.37 Å². The predicted octanol–water partition coefficient (Wildman–Crippen LogP) is 2.83. The minimum atomic E-state index is -0.542. The van der Waals surface area contributed by atoms with Crippen molar-refractivity contribution in [1.82, 2.24) is 9.55 Å². The highest BCUT2D eigenvalue weighted by atomic mass is 19.1. The van der Waals surface area contributed by atoms with Crippen LogP contribution in [0.2, 0.25) is 0 Å². The number of nitrogens with zero attached hydrogens (tertiary/aromatic N) is 2. The second-order valence-corrected chi connectivity index (χ2v) is 4.27. The Morgan fingerprint density at radius 3 is 2.53 bits per heavy atom. The predicted molar refractivity (Wildman–Crippen MR) is 72.0 cm³/mol. The lowest BCUT2D eigenvalue weighted by atomic mass is 10.2. The molecule has 0 aliphatic carbocycles. The topological polar surface area (TPSA) is 34.9 Å². The molecule has 0 atom stereocenters. The molecule has 0 fully saturated rings. The van der Waals surface area contributed by atoms with E-state index < -0.39 is 5.82 Å². The Bertz CT molecular complexity index is 809. The minimum Gasteiger partial charge on any atom is -0.268 e. The van der Waals surface area contributed by atoms with Crippen LogP contribution in [0.3, 0.4) is 0 Å². The van der Waals surface area contributed by atoms with Crippen molar-refractivity contribution in [2.45, 2.75) is 6.92 Å². The van der Waals surface area contributed by atoms with Gasteiger partial charge in [-0.15, -0.1) is 0 Å². The van der Waals surface area contributed by atoms with Gasteiger partial charge in [0.15, 0.2) is 0 Å². The molecule has 3 nitrogen and oxygen atoms in total. The maximum absolute atomic E-state index is 13.8. The molecule has 94 valence electrons. The molecule has 3 aromatic rings. The van der Waals surface area contributed by atoms with Crippen molar-refractivity contribution in [2.75, 3.05) is 0 Å². The number of halogens is 1. The molecule has 1 heterocycles. The van der Waals surface area contributed by atoms with Gasteiger partial charge in [0.2, 0.25) is 0 Å². The first kappa shape index (κ1) is 11.6. The van der Waals surface area contributed by atoms with Gasteiger partial charge in [-0.1, -0.05) is 24.3 Å². The Hall–Kier alpha value is -2.49. The number of aryl methyl sites for hydroxylation is 1. The zero-order chi connectivity index (χ0) is 13.4. The molecule has 0 radical (unpaired) electrons. The summed E-state index contributed by atoms with van der Waals surface area (Å²) in [6.45, 7) is 1.73. The van der Waals surface area contributed by atoms with Gasteiger partial charge >= 0.3 is 0 Å². The third-order valence-electron chi connectivity index (χ3n) is 3.03. The maximum atomic E-state index is 13.8. The fourth-order valence-electron chi connectivity index (χ4n) is 2.18. The van der Waals surface area contributed by atoms with Crippen LogP contribution in [-0.2, 0) is 0 Å². The highest BCUT2D eigenvalue weighted by Crippen LogP contribution is 2.14. The summed E-state index contributed by atoms with van der Waals surface area (Å²) < 4.78 is 15.2. The zero-order valence-electron chi connectivity index (χ0n) is 10.3.